The zero-order valence-electron chi connectivity index (χ0n) is 7.24. The fraction of sp³-hybridized carbons (Fsp3) is 0.333. The Morgan fingerprint density at radius 3 is 2.75 bits per heavy atom. The minimum Gasteiger partial charge on any atom is -0.0839 e. The molecular weight excluding hydrogens is 144 g/mol. The van der Waals surface area contributed by atoms with Gasteiger partial charge in [-0.3, -0.25) is 0 Å². The molecule has 62 valence electrons. The summed E-state index contributed by atoms with van der Waals surface area (Å²) in [4.78, 5) is 0. The predicted octanol–water partition coefficient (Wildman–Crippen LogP) is 3.40. The van der Waals surface area contributed by atoms with Crippen molar-refractivity contribution < 1.29 is 0 Å². The van der Waals surface area contributed by atoms with Crippen LogP contribution in [0, 0.1) is 5.92 Å². The highest BCUT2D eigenvalue weighted by atomic mass is 14.1. The molecule has 0 heterocycles. The highest BCUT2D eigenvalue weighted by Gasteiger charge is 2.09. The van der Waals surface area contributed by atoms with Gasteiger partial charge in [0.1, 0.15) is 0 Å². The quantitative estimate of drug-likeness (QED) is 0.548. The van der Waals surface area contributed by atoms with Gasteiger partial charge >= 0.3 is 0 Å². The average Bonchev–Trinajstić information content (AvgIpc) is 2.21. The molecule has 0 amide bonds. The summed E-state index contributed by atoms with van der Waals surface area (Å²) < 4.78 is 0. The third-order valence-electron chi connectivity index (χ3n) is 2.43. The molecule has 0 fully saturated rings. The first-order chi connectivity index (χ1) is 5.97. The molecule has 0 N–H and O–H groups in total. The van der Waals surface area contributed by atoms with E-state index in [0.717, 1.165) is 0 Å². The van der Waals surface area contributed by atoms with Crippen LogP contribution in [0.15, 0.2) is 48.1 Å². The zero-order chi connectivity index (χ0) is 8.23. The Hall–Kier alpha value is -1.04. The van der Waals surface area contributed by atoms with E-state index >= 15 is 0 Å². The average molecular weight is 158 g/mol. The second-order valence-corrected chi connectivity index (χ2v) is 3.34. The topological polar surface area (TPSA) is 0 Å². The molecule has 0 saturated carbocycles. The number of hydrogen-bond donors (Lipinski definition) is 0. The first kappa shape index (κ1) is 7.60. The van der Waals surface area contributed by atoms with Gasteiger partial charge in [0.25, 0.3) is 0 Å². The van der Waals surface area contributed by atoms with Gasteiger partial charge in [-0.25, -0.2) is 0 Å². The van der Waals surface area contributed by atoms with Gasteiger partial charge in [0.15, 0.2) is 0 Å². The molecule has 0 aliphatic heterocycles. The Morgan fingerprint density at radius 1 is 1.08 bits per heavy atom. The van der Waals surface area contributed by atoms with E-state index in [1.807, 2.05) is 0 Å². The van der Waals surface area contributed by atoms with Crippen molar-refractivity contribution in [1.29, 1.82) is 0 Å². The zero-order valence-corrected chi connectivity index (χ0v) is 7.24. The number of rotatable bonds is 1. The summed E-state index contributed by atoms with van der Waals surface area (Å²) in [7, 11) is 0. The van der Waals surface area contributed by atoms with E-state index in [9.17, 15) is 0 Å². The Bertz CT molecular complexity index is 264. The lowest BCUT2D eigenvalue weighted by molar-refractivity contribution is 0.770. The van der Waals surface area contributed by atoms with Gasteiger partial charge in [0.05, 0.1) is 0 Å². The van der Waals surface area contributed by atoms with Crippen LogP contribution in [-0.4, -0.2) is 0 Å². The van der Waals surface area contributed by atoms with Crippen molar-refractivity contribution in [2.45, 2.75) is 19.3 Å². The minimum atomic E-state index is 0.645. The molecule has 0 aromatic carbocycles. The van der Waals surface area contributed by atoms with Gasteiger partial charge in [0.2, 0.25) is 0 Å². The van der Waals surface area contributed by atoms with Crippen LogP contribution in [0.2, 0.25) is 0 Å². The third kappa shape index (κ3) is 1.58. The van der Waals surface area contributed by atoms with Gasteiger partial charge in [0, 0.05) is 5.92 Å². The van der Waals surface area contributed by atoms with Crippen LogP contribution in [0.3, 0.4) is 0 Å². The molecule has 0 nitrogen and oxygen atoms in total. The molecule has 0 unspecified atom stereocenters. The Labute approximate surface area is 74.0 Å². The Kier molecular flexibility index (Phi) is 2.26. The molecule has 12 heavy (non-hydrogen) atoms. The maximum absolute atomic E-state index is 2.37. The fourth-order valence-electron chi connectivity index (χ4n) is 1.74. The van der Waals surface area contributed by atoms with E-state index in [1.54, 1.807) is 0 Å². The van der Waals surface area contributed by atoms with Gasteiger partial charge in [-0.2, -0.15) is 0 Å². The molecule has 2 aliphatic carbocycles. The van der Waals surface area contributed by atoms with Crippen molar-refractivity contribution in [2.24, 2.45) is 5.92 Å². The van der Waals surface area contributed by atoms with Crippen LogP contribution in [0.5, 0.6) is 0 Å². The smallest absolute Gasteiger partial charge is 0.00524 e. The highest BCUT2D eigenvalue weighted by Crippen LogP contribution is 2.24. The second-order valence-electron chi connectivity index (χ2n) is 3.34. The lowest BCUT2D eigenvalue weighted by Crippen LogP contribution is -2.01. The van der Waals surface area contributed by atoms with Crippen molar-refractivity contribution in [3.63, 3.8) is 0 Å². The molecular formula is C12H14. The predicted molar refractivity (Wildman–Crippen MR) is 52.8 cm³/mol. The van der Waals surface area contributed by atoms with Crippen LogP contribution >= 0.6 is 0 Å². The van der Waals surface area contributed by atoms with E-state index in [0.29, 0.717) is 5.92 Å². The first-order valence-corrected chi connectivity index (χ1v) is 4.67. The van der Waals surface area contributed by atoms with Crippen LogP contribution < -0.4 is 0 Å². The van der Waals surface area contributed by atoms with Crippen molar-refractivity contribution in [1.82, 2.24) is 0 Å². The van der Waals surface area contributed by atoms with E-state index < -0.39 is 0 Å². The number of hydrogen-bond acceptors (Lipinski definition) is 0. The summed E-state index contributed by atoms with van der Waals surface area (Å²) in [5.41, 5.74) is 1.50. The van der Waals surface area contributed by atoms with Crippen molar-refractivity contribution in [2.75, 3.05) is 0 Å². The maximum atomic E-state index is 2.37. The van der Waals surface area contributed by atoms with E-state index in [-0.39, 0.29) is 0 Å². The molecule has 2 aliphatic rings. The minimum absolute atomic E-state index is 0.645. The van der Waals surface area contributed by atoms with Crippen molar-refractivity contribution >= 4 is 0 Å². The van der Waals surface area contributed by atoms with Gasteiger partial charge < -0.3 is 0 Å². The first-order valence-electron chi connectivity index (χ1n) is 4.67. The van der Waals surface area contributed by atoms with E-state index in [4.69, 9.17) is 0 Å². The van der Waals surface area contributed by atoms with Crippen molar-refractivity contribution in [3.8, 4) is 0 Å². The molecule has 0 aromatic heterocycles. The molecule has 0 spiro atoms. The third-order valence-corrected chi connectivity index (χ3v) is 2.43. The normalized spacial score (nSPS) is 27.3. The maximum Gasteiger partial charge on any atom is 0.00524 e. The second kappa shape index (κ2) is 3.57. The summed E-state index contributed by atoms with van der Waals surface area (Å²) in [6.45, 7) is 0. The Morgan fingerprint density at radius 2 is 2.08 bits per heavy atom. The van der Waals surface area contributed by atoms with Crippen LogP contribution in [0.4, 0.5) is 0 Å². The molecule has 0 radical (unpaired) electrons. The van der Waals surface area contributed by atoms with E-state index in [2.05, 4.69) is 42.5 Å². The van der Waals surface area contributed by atoms with Gasteiger partial charge in [-0.15, -0.1) is 0 Å². The lowest BCUT2D eigenvalue weighted by atomic mass is 9.89. The molecule has 0 aromatic rings. The summed E-state index contributed by atoms with van der Waals surface area (Å²) in [5, 5.41) is 0. The fourth-order valence-corrected chi connectivity index (χ4v) is 1.74. The number of allylic oxidation sites excluding steroid dienone is 8. The van der Waals surface area contributed by atoms with E-state index in [1.165, 1.54) is 24.8 Å². The lowest BCUT2D eigenvalue weighted by Gasteiger charge is -2.16. The van der Waals surface area contributed by atoms with Crippen LogP contribution in [0.25, 0.3) is 0 Å². The summed E-state index contributed by atoms with van der Waals surface area (Å²) in [6, 6.07) is 0. The molecule has 2 rings (SSSR count). The van der Waals surface area contributed by atoms with Gasteiger partial charge in [-0.05, 0) is 24.8 Å². The molecule has 1 atom stereocenters. The summed E-state index contributed by atoms with van der Waals surface area (Å²) in [6.07, 6.45) is 19.4. The molecule has 0 heteroatoms. The summed E-state index contributed by atoms with van der Waals surface area (Å²) in [5.74, 6) is 0.645. The van der Waals surface area contributed by atoms with Gasteiger partial charge in [-0.1, -0.05) is 42.5 Å². The molecule has 0 saturated heterocycles. The van der Waals surface area contributed by atoms with Crippen LogP contribution in [-0.2, 0) is 0 Å². The highest BCUT2D eigenvalue weighted by molar-refractivity contribution is 5.31. The standard InChI is InChI=1S/C12H14/c1-3-7-11(8-4-1)12-9-5-2-6-10-12/h1,3-5,7,9-11H,2,6,8H2/t11-/m0/s1. The molecule has 0 bridgehead atoms. The van der Waals surface area contributed by atoms with Crippen LogP contribution in [0.1, 0.15) is 19.3 Å². The summed E-state index contributed by atoms with van der Waals surface area (Å²) >= 11 is 0. The SMILES string of the molecule is C1=CC[C@@H](C2=CCCC=C2)C=C1. The Balaban J connectivity index is 2.09. The van der Waals surface area contributed by atoms with Crippen molar-refractivity contribution in [3.05, 3.63) is 48.1 Å². The largest absolute Gasteiger partial charge is 0.0839 e. The monoisotopic (exact) mass is 158 g/mol.